The van der Waals surface area contributed by atoms with Gasteiger partial charge in [-0.2, -0.15) is 0 Å². The standard InChI is InChI=1S/C15H25N3O/c1-11(2)14-9-13(16-15(17-14)12(3)4)10-18-5-7-19-8-6-18/h9,11-12H,5-8,10H2,1-4H3. The fourth-order valence-electron chi connectivity index (χ4n) is 2.16. The van der Waals surface area contributed by atoms with Crippen molar-refractivity contribution in [1.82, 2.24) is 14.9 Å². The van der Waals surface area contributed by atoms with E-state index >= 15 is 0 Å². The van der Waals surface area contributed by atoms with Gasteiger partial charge in [0.1, 0.15) is 5.82 Å². The van der Waals surface area contributed by atoms with E-state index in [1.807, 2.05) is 0 Å². The molecule has 1 aromatic heterocycles. The smallest absolute Gasteiger partial charge is 0.131 e. The predicted octanol–water partition coefficient (Wildman–Crippen LogP) is 2.56. The van der Waals surface area contributed by atoms with Crippen molar-refractivity contribution in [3.63, 3.8) is 0 Å². The number of ether oxygens (including phenoxy) is 1. The molecule has 0 spiro atoms. The summed E-state index contributed by atoms with van der Waals surface area (Å²) in [5, 5.41) is 0. The van der Waals surface area contributed by atoms with E-state index in [0.717, 1.165) is 50.1 Å². The molecule has 2 rings (SSSR count). The Hall–Kier alpha value is -1.00. The third kappa shape index (κ3) is 3.98. The van der Waals surface area contributed by atoms with Crippen molar-refractivity contribution in [2.75, 3.05) is 26.3 Å². The van der Waals surface area contributed by atoms with Crippen LogP contribution in [0, 0.1) is 0 Å². The predicted molar refractivity (Wildman–Crippen MR) is 76.3 cm³/mol. The molecule has 0 amide bonds. The lowest BCUT2D eigenvalue weighted by atomic mass is 10.1. The maximum absolute atomic E-state index is 5.39. The molecule has 1 aliphatic heterocycles. The second-order valence-electron chi connectivity index (χ2n) is 5.84. The van der Waals surface area contributed by atoms with E-state index in [0.29, 0.717) is 11.8 Å². The van der Waals surface area contributed by atoms with Gasteiger partial charge in [-0.1, -0.05) is 27.7 Å². The van der Waals surface area contributed by atoms with Crippen LogP contribution in [0.2, 0.25) is 0 Å². The van der Waals surface area contributed by atoms with Crippen molar-refractivity contribution in [1.29, 1.82) is 0 Å². The van der Waals surface area contributed by atoms with Gasteiger partial charge in [-0.3, -0.25) is 4.90 Å². The summed E-state index contributed by atoms with van der Waals surface area (Å²) >= 11 is 0. The van der Waals surface area contributed by atoms with Gasteiger partial charge in [0, 0.05) is 31.2 Å². The Morgan fingerprint density at radius 2 is 1.79 bits per heavy atom. The van der Waals surface area contributed by atoms with Crippen LogP contribution in [-0.4, -0.2) is 41.2 Å². The lowest BCUT2D eigenvalue weighted by Gasteiger charge is -2.26. The van der Waals surface area contributed by atoms with Crippen molar-refractivity contribution in [3.05, 3.63) is 23.3 Å². The van der Waals surface area contributed by atoms with Gasteiger partial charge >= 0.3 is 0 Å². The molecule has 106 valence electrons. The highest BCUT2D eigenvalue weighted by Crippen LogP contribution is 2.18. The van der Waals surface area contributed by atoms with Crippen LogP contribution >= 0.6 is 0 Å². The Morgan fingerprint density at radius 3 is 2.37 bits per heavy atom. The molecule has 4 heteroatoms. The number of morpholine rings is 1. The van der Waals surface area contributed by atoms with Crippen LogP contribution in [-0.2, 0) is 11.3 Å². The Labute approximate surface area is 116 Å². The first-order valence-corrected chi connectivity index (χ1v) is 7.24. The summed E-state index contributed by atoms with van der Waals surface area (Å²) < 4.78 is 5.39. The lowest BCUT2D eigenvalue weighted by Crippen LogP contribution is -2.36. The molecule has 0 unspecified atom stereocenters. The molecule has 2 heterocycles. The monoisotopic (exact) mass is 263 g/mol. The Morgan fingerprint density at radius 1 is 1.11 bits per heavy atom. The van der Waals surface area contributed by atoms with Crippen molar-refractivity contribution < 1.29 is 4.74 Å². The summed E-state index contributed by atoms with van der Waals surface area (Å²) in [6.45, 7) is 13.2. The third-order valence-corrected chi connectivity index (χ3v) is 3.41. The van der Waals surface area contributed by atoms with E-state index in [1.165, 1.54) is 0 Å². The largest absolute Gasteiger partial charge is 0.379 e. The van der Waals surface area contributed by atoms with Crippen LogP contribution in [0.25, 0.3) is 0 Å². The van der Waals surface area contributed by atoms with Crippen LogP contribution < -0.4 is 0 Å². The summed E-state index contributed by atoms with van der Waals surface area (Å²) in [6.07, 6.45) is 0. The number of nitrogens with zero attached hydrogens (tertiary/aromatic N) is 3. The molecule has 0 bridgehead atoms. The molecule has 0 aromatic carbocycles. The summed E-state index contributed by atoms with van der Waals surface area (Å²) in [6, 6.07) is 2.16. The molecule has 0 N–H and O–H groups in total. The fourth-order valence-corrected chi connectivity index (χ4v) is 2.16. The minimum atomic E-state index is 0.377. The molecule has 1 aliphatic rings. The first-order chi connectivity index (χ1) is 9.06. The maximum Gasteiger partial charge on any atom is 0.131 e. The van der Waals surface area contributed by atoms with Gasteiger partial charge in [-0.25, -0.2) is 9.97 Å². The number of hydrogen-bond acceptors (Lipinski definition) is 4. The van der Waals surface area contributed by atoms with Gasteiger partial charge < -0.3 is 4.74 Å². The number of rotatable bonds is 4. The van der Waals surface area contributed by atoms with Gasteiger partial charge in [0.15, 0.2) is 0 Å². The van der Waals surface area contributed by atoms with Crippen LogP contribution in [0.4, 0.5) is 0 Å². The molecule has 0 saturated carbocycles. The van der Waals surface area contributed by atoms with E-state index in [9.17, 15) is 0 Å². The number of hydrogen-bond donors (Lipinski definition) is 0. The van der Waals surface area contributed by atoms with E-state index in [1.54, 1.807) is 0 Å². The van der Waals surface area contributed by atoms with E-state index in [4.69, 9.17) is 9.72 Å². The lowest BCUT2D eigenvalue weighted by molar-refractivity contribution is 0.0336. The molecule has 1 saturated heterocycles. The van der Waals surface area contributed by atoms with Gasteiger partial charge in [0.05, 0.1) is 18.9 Å². The Kier molecular flexibility index (Phi) is 4.88. The topological polar surface area (TPSA) is 38.2 Å². The second-order valence-corrected chi connectivity index (χ2v) is 5.84. The molecule has 0 atom stereocenters. The molecular formula is C15H25N3O. The van der Waals surface area contributed by atoms with Crippen molar-refractivity contribution in [2.45, 2.75) is 46.1 Å². The normalized spacial score (nSPS) is 17.4. The molecule has 0 aliphatic carbocycles. The first-order valence-electron chi connectivity index (χ1n) is 7.24. The van der Waals surface area contributed by atoms with Crippen LogP contribution in [0.3, 0.4) is 0 Å². The summed E-state index contributed by atoms with van der Waals surface area (Å²) in [4.78, 5) is 11.8. The van der Waals surface area contributed by atoms with Gasteiger partial charge in [0.25, 0.3) is 0 Å². The molecule has 4 nitrogen and oxygen atoms in total. The average molecular weight is 263 g/mol. The highest BCUT2D eigenvalue weighted by molar-refractivity contribution is 5.15. The van der Waals surface area contributed by atoms with Crippen molar-refractivity contribution >= 4 is 0 Å². The Balaban J connectivity index is 2.18. The third-order valence-electron chi connectivity index (χ3n) is 3.41. The van der Waals surface area contributed by atoms with Crippen LogP contribution in [0.1, 0.15) is 56.7 Å². The number of aromatic nitrogens is 2. The SMILES string of the molecule is CC(C)c1cc(CN2CCOCC2)nc(C(C)C)n1. The summed E-state index contributed by atoms with van der Waals surface area (Å²) in [7, 11) is 0. The molecule has 0 radical (unpaired) electrons. The van der Waals surface area contributed by atoms with Gasteiger partial charge in [-0.05, 0) is 12.0 Å². The van der Waals surface area contributed by atoms with Gasteiger partial charge in [0.2, 0.25) is 0 Å². The summed E-state index contributed by atoms with van der Waals surface area (Å²) in [5.74, 6) is 1.79. The fraction of sp³-hybridized carbons (Fsp3) is 0.733. The van der Waals surface area contributed by atoms with Crippen molar-refractivity contribution in [3.8, 4) is 0 Å². The quantitative estimate of drug-likeness (QED) is 0.837. The van der Waals surface area contributed by atoms with E-state index < -0.39 is 0 Å². The summed E-state index contributed by atoms with van der Waals surface area (Å²) in [5.41, 5.74) is 2.30. The Bertz CT molecular complexity index is 386. The van der Waals surface area contributed by atoms with Crippen LogP contribution in [0.5, 0.6) is 0 Å². The zero-order valence-corrected chi connectivity index (χ0v) is 12.5. The van der Waals surface area contributed by atoms with E-state index in [-0.39, 0.29) is 0 Å². The minimum absolute atomic E-state index is 0.377. The van der Waals surface area contributed by atoms with Crippen molar-refractivity contribution in [2.24, 2.45) is 0 Å². The zero-order valence-electron chi connectivity index (χ0n) is 12.5. The van der Waals surface area contributed by atoms with E-state index in [2.05, 4.69) is 43.6 Å². The second kappa shape index (κ2) is 6.44. The maximum atomic E-state index is 5.39. The van der Waals surface area contributed by atoms with Crippen LogP contribution in [0.15, 0.2) is 6.07 Å². The average Bonchev–Trinajstić information content (AvgIpc) is 2.39. The molecular weight excluding hydrogens is 238 g/mol. The molecule has 1 aromatic rings. The minimum Gasteiger partial charge on any atom is -0.379 e. The zero-order chi connectivity index (χ0) is 13.8. The molecule has 1 fully saturated rings. The highest BCUT2D eigenvalue weighted by Gasteiger charge is 2.15. The van der Waals surface area contributed by atoms with Gasteiger partial charge in [-0.15, -0.1) is 0 Å². The highest BCUT2D eigenvalue weighted by atomic mass is 16.5. The first kappa shape index (κ1) is 14.4. The molecule has 19 heavy (non-hydrogen) atoms.